The zero-order valence-electron chi connectivity index (χ0n) is 14.8. The average molecular weight is 374 g/mol. The number of hydrogen-bond acceptors (Lipinski definition) is 5. The lowest BCUT2D eigenvalue weighted by Crippen LogP contribution is -2.42. The molecule has 1 spiro atoms. The van der Waals surface area contributed by atoms with Crippen LogP contribution < -0.4 is 5.32 Å². The highest BCUT2D eigenvalue weighted by molar-refractivity contribution is 6.30. The summed E-state index contributed by atoms with van der Waals surface area (Å²) in [6, 6.07) is 6.59. The largest absolute Gasteiger partial charge is 0.379 e. The van der Waals surface area contributed by atoms with Gasteiger partial charge in [-0.05, 0) is 49.0 Å². The van der Waals surface area contributed by atoms with Crippen LogP contribution in [0.1, 0.15) is 18.4 Å². The third-order valence-electron chi connectivity index (χ3n) is 6.51. The predicted octanol–water partition coefficient (Wildman–Crippen LogP) is 2.12. The number of likely N-dealkylation sites (tertiary alicyclic amines) is 1. The van der Waals surface area contributed by atoms with E-state index in [0.717, 1.165) is 50.1 Å². The third-order valence-corrected chi connectivity index (χ3v) is 6.74. The SMILES string of the molecule is Clc1ccc(CN2CC3(CCNCC3)[C@@H]3COC[C@@H]32)c(-n2cncn2)c1. The van der Waals surface area contributed by atoms with Crippen LogP contribution in [-0.2, 0) is 11.3 Å². The number of fused-ring (bicyclic) bond motifs is 2. The number of hydrogen-bond donors (Lipinski definition) is 1. The smallest absolute Gasteiger partial charge is 0.138 e. The molecule has 7 heteroatoms. The van der Waals surface area contributed by atoms with Gasteiger partial charge in [-0.15, -0.1) is 0 Å². The monoisotopic (exact) mass is 373 g/mol. The number of rotatable bonds is 3. The van der Waals surface area contributed by atoms with Gasteiger partial charge in [-0.1, -0.05) is 17.7 Å². The van der Waals surface area contributed by atoms with Crippen LogP contribution in [0, 0.1) is 11.3 Å². The minimum Gasteiger partial charge on any atom is -0.379 e. The lowest BCUT2D eigenvalue weighted by Gasteiger charge is -2.38. The summed E-state index contributed by atoms with van der Waals surface area (Å²) in [7, 11) is 0. The van der Waals surface area contributed by atoms with E-state index in [4.69, 9.17) is 16.3 Å². The lowest BCUT2D eigenvalue weighted by molar-refractivity contribution is 0.0847. The van der Waals surface area contributed by atoms with Crippen LogP contribution in [0.15, 0.2) is 30.9 Å². The Morgan fingerprint density at radius 1 is 1.27 bits per heavy atom. The number of nitrogens with zero attached hydrogens (tertiary/aromatic N) is 4. The molecule has 1 N–H and O–H groups in total. The molecule has 3 aliphatic rings. The molecule has 5 rings (SSSR count). The van der Waals surface area contributed by atoms with Gasteiger partial charge in [0, 0.05) is 30.1 Å². The van der Waals surface area contributed by atoms with Crippen LogP contribution in [0.3, 0.4) is 0 Å². The Morgan fingerprint density at radius 2 is 2.15 bits per heavy atom. The third kappa shape index (κ3) is 2.76. The van der Waals surface area contributed by atoms with Gasteiger partial charge in [-0.25, -0.2) is 9.67 Å². The van der Waals surface area contributed by atoms with Gasteiger partial charge in [0.1, 0.15) is 12.7 Å². The van der Waals surface area contributed by atoms with Crippen LogP contribution in [-0.4, -0.2) is 58.6 Å². The van der Waals surface area contributed by atoms with E-state index in [2.05, 4.69) is 26.4 Å². The van der Waals surface area contributed by atoms with Gasteiger partial charge in [0.2, 0.25) is 0 Å². The van der Waals surface area contributed by atoms with Crippen LogP contribution in [0.25, 0.3) is 5.69 Å². The summed E-state index contributed by atoms with van der Waals surface area (Å²) >= 11 is 6.25. The van der Waals surface area contributed by atoms with Crippen molar-refractivity contribution in [3.8, 4) is 5.69 Å². The first kappa shape index (κ1) is 16.7. The fraction of sp³-hybridized carbons (Fsp3) is 0.579. The second-order valence-electron chi connectivity index (χ2n) is 7.84. The minimum atomic E-state index is 0.409. The molecule has 4 heterocycles. The van der Waals surface area contributed by atoms with Gasteiger partial charge in [0.05, 0.1) is 18.9 Å². The van der Waals surface area contributed by atoms with Crippen molar-refractivity contribution in [3.63, 3.8) is 0 Å². The first-order valence-electron chi connectivity index (χ1n) is 9.41. The van der Waals surface area contributed by atoms with Crippen molar-refractivity contribution in [2.75, 3.05) is 32.8 Å². The second kappa shape index (κ2) is 6.60. The molecule has 26 heavy (non-hydrogen) atoms. The van der Waals surface area contributed by atoms with E-state index in [0.29, 0.717) is 17.4 Å². The number of nitrogens with one attached hydrogen (secondary N) is 1. The Hall–Kier alpha value is -1.47. The molecule has 1 aromatic heterocycles. The summed E-state index contributed by atoms with van der Waals surface area (Å²) in [6.07, 6.45) is 5.80. The van der Waals surface area contributed by atoms with Crippen molar-refractivity contribution in [2.24, 2.45) is 11.3 Å². The Balaban J connectivity index is 1.45. The molecule has 1 aromatic carbocycles. The Morgan fingerprint density at radius 3 is 2.96 bits per heavy atom. The summed E-state index contributed by atoms with van der Waals surface area (Å²) in [5.41, 5.74) is 2.65. The Bertz CT molecular complexity index is 774. The molecule has 3 saturated heterocycles. The first-order chi connectivity index (χ1) is 12.8. The van der Waals surface area contributed by atoms with Crippen molar-refractivity contribution in [3.05, 3.63) is 41.4 Å². The topological polar surface area (TPSA) is 55.2 Å². The fourth-order valence-corrected chi connectivity index (χ4v) is 5.36. The van der Waals surface area contributed by atoms with Crippen molar-refractivity contribution in [1.82, 2.24) is 25.0 Å². The molecule has 0 unspecified atom stereocenters. The molecule has 0 radical (unpaired) electrons. The van der Waals surface area contributed by atoms with Gasteiger partial charge in [-0.2, -0.15) is 5.10 Å². The van der Waals surface area contributed by atoms with Crippen LogP contribution >= 0.6 is 11.6 Å². The summed E-state index contributed by atoms with van der Waals surface area (Å²) in [6.45, 7) is 6.08. The zero-order chi connectivity index (χ0) is 17.6. The minimum absolute atomic E-state index is 0.409. The highest BCUT2D eigenvalue weighted by atomic mass is 35.5. The average Bonchev–Trinajstić information content (AvgIpc) is 3.38. The number of benzene rings is 1. The summed E-state index contributed by atoms with van der Waals surface area (Å²) < 4.78 is 7.72. The predicted molar refractivity (Wildman–Crippen MR) is 99.4 cm³/mol. The highest BCUT2D eigenvalue weighted by Gasteiger charge is 2.54. The van der Waals surface area contributed by atoms with E-state index < -0.39 is 0 Å². The maximum atomic E-state index is 6.25. The molecule has 138 valence electrons. The molecule has 3 aliphatic heterocycles. The normalized spacial score (nSPS) is 27.9. The van der Waals surface area contributed by atoms with Crippen molar-refractivity contribution in [1.29, 1.82) is 0 Å². The summed E-state index contributed by atoms with van der Waals surface area (Å²) in [4.78, 5) is 6.72. The van der Waals surface area contributed by atoms with E-state index in [1.165, 1.54) is 18.4 Å². The van der Waals surface area contributed by atoms with Crippen molar-refractivity contribution >= 4 is 11.6 Å². The second-order valence-corrected chi connectivity index (χ2v) is 8.28. The first-order valence-corrected chi connectivity index (χ1v) is 9.79. The van der Waals surface area contributed by atoms with Gasteiger partial charge in [0.15, 0.2) is 0 Å². The van der Waals surface area contributed by atoms with Crippen LogP contribution in [0.5, 0.6) is 0 Å². The van der Waals surface area contributed by atoms with Gasteiger partial charge in [-0.3, -0.25) is 4.90 Å². The summed E-state index contributed by atoms with van der Waals surface area (Å²) in [5.74, 6) is 0.659. The summed E-state index contributed by atoms with van der Waals surface area (Å²) in [5, 5.41) is 8.55. The maximum absolute atomic E-state index is 6.25. The highest BCUT2D eigenvalue weighted by Crippen LogP contribution is 2.49. The van der Waals surface area contributed by atoms with E-state index >= 15 is 0 Å². The van der Waals surface area contributed by atoms with Crippen molar-refractivity contribution < 1.29 is 4.74 Å². The molecular formula is C19H24ClN5O. The number of piperidine rings is 1. The Labute approximate surface area is 158 Å². The van der Waals surface area contributed by atoms with E-state index in [1.54, 1.807) is 17.3 Å². The molecule has 0 aliphatic carbocycles. The molecule has 2 atom stereocenters. The molecule has 6 nitrogen and oxygen atoms in total. The standard InChI is InChI=1S/C19H24ClN5O/c20-15-2-1-14(17(7-15)25-13-22-12-23-25)8-24-11-19(3-5-21-6-4-19)16-9-26-10-18(16)24/h1-2,7,12-13,16,18,21H,3-6,8-11H2/t16-,18+/m1/s1. The number of ether oxygens (including phenoxy) is 1. The molecule has 0 saturated carbocycles. The van der Waals surface area contributed by atoms with Crippen molar-refractivity contribution in [2.45, 2.75) is 25.4 Å². The van der Waals surface area contributed by atoms with Gasteiger partial charge < -0.3 is 10.1 Å². The Kier molecular flexibility index (Phi) is 4.24. The number of aromatic nitrogens is 3. The molecular weight excluding hydrogens is 350 g/mol. The number of halogens is 1. The van der Waals surface area contributed by atoms with E-state index in [-0.39, 0.29) is 0 Å². The lowest BCUT2D eigenvalue weighted by atomic mass is 9.70. The fourth-order valence-electron chi connectivity index (χ4n) is 5.19. The van der Waals surface area contributed by atoms with E-state index in [9.17, 15) is 0 Å². The van der Waals surface area contributed by atoms with Gasteiger partial charge >= 0.3 is 0 Å². The van der Waals surface area contributed by atoms with Crippen LogP contribution in [0.2, 0.25) is 5.02 Å². The molecule has 0 amide bonds. The molecule has 2 aromatic rings. The van der Waals surface area contributed by atoms with E-state index in [1.807, 2.05) is 12.1 Å². The maximum Gasteiger partial charge on any atom is 0.138 e. The zero-order valence-corrected chi connectivity index (χ0v) is 15.5. The van der Waals surface area contributed by atoms with Gasteiger partial charge in [0.25, 0.3) is 0 Å². The molecule has 0 bridgehead atoms. The van der Waals surface area contributed by atoms with Crippen LogP contribution in [0.4, 0.5) is 0 Å². The molecule has 3 fully saturated rings. The quantitative estimate of drug-likeness (QED) is 0.893.